The van der Waals surface area contributed by atoms with E-state index in [0.717, 1.165) is 23.8 Å². The summed E-state index contributed by atoms with van der Waals surface area (Å²) in [4.78, 5) is 20.2. The molecular weight excluding hydrogens is 284 g/mol. The Kier molecular flexibility index (Phi) is 4.12. The number of amides is 1. The molecule has 2 heterocycles. The molecule has 0 atom stereocenters. The zero-order chi connectivity index (χ0) is 14.5. The lowest BCUT2D eigenvalue weighted by Crippen LogP contribution is -2.48. The highest BCUT2D eigenvalue weighted by Crippen LogP contribution is 2.16. The summed E-state index contributed by atoms with van der Waals surface area (Å²) in [5.41, 5.74) is 0.860. The number of benzene rings is 1. The number of nitrogens with zero attached hydrogens (tertiary/aromatic N) is 4. The average Bonchev–Trinajstić information content (AvgIpc) is 3.08. The van der Waals surface area contributed by atoms with Gasteiger partial charge in [0.15, 0.2) is 0 Å². The van der Waals surface area contributed by atoms with Gasteiger partial charge in [0.2, 0.25) is 5.13 Å². The smallest absolute Gasteiger partial charge is 0.298 e. The van der Waals surface area contributed by atoms with E-state index in [1.807, 2.05) is 30.3 Å². The van der Waals surface area contributed by atoms with Gasteiger partial charge in [0, 0.05) is 49.2 Å². The third-order valence-electron chi connectivity index (χ3n) is 3.27. The molecule has 1 saturated heterocycles. The first-order valence-electron chi connectivity index (χ1n) is 6.70. The van der Waals surface area contributed by atoms with Gasteiger partial charge in [-0.25, -0.2) is 4.98 Å². The fourth-order valence-electron chi connectivity index (χ4n) is 2.13. The van der Waals surface area contributed by atoms with Crippen molar-refractivity contribution in [1.29, 1.82) is 0 Å². The predicted octanol–water partition coefficient (Wildman–Crippen LogP) is 1.24. The van der Waals surface area contributed by atoms with Crippen molar-refractivity contribution in [3.8, 4) is 11.8 Å². The topological polar surface area (TPSA) is 49.3 Å². The number of hydrogen-bond acceptors (Lipinski definition) is 5. The predicted molar refractivity (Wildman–Crippen MR) is 82.0 cm³/mol. The summed E-state index contributed by atoms with van der Waals surface area (Å²) < 4.78 is 4.00. The fraction of sp³-hybridized carbons (Fsp3) is 0.267. The van der Waals surface area contributed by atoms with Crippen molar-refractivity contribution >= 4 is 22.6 Å². The molecule has 1 aromatic carbocycles. The van der Waals surface area contributed by atoms with Gasteiger partial charge in [-0.2, -0.15) is 4.37 Å². The van der Waals surface area contributed by atoms with E-state index >= 15 is 0 Å². The second kappa shape index (κ2) is 6.37. The van der Waals surface area contributed by atoms with Crippen LogP contribution in [0.25, 0.3) is 0 Å². The minimum absolute atomic E-state index is 0.115. The van der Waals surface area contributed by atoms with Gasteiger partial charge < -0.3 is 9.80 Å². The third kappa shape index (κ3) is 3.38. The minimum Gasteiger partial charge on any atom is -0.343 e. The first-order chi connectivity index (χ1) is 10.3. The first-order valence-corrected chi connectivity index (χ1v) is 7.48. The Labute approximate surface area is 127 Å². The zero-order valence-corrected chi connectivity index (χ0v) is 12.2. The van der Waals surface area contributed by atoms with Crippen LogP contribution in [0.2, 0.25) is 0 Å². The summed E-state index contributed by atoms with van der Waals surface area (Å²) in [6.07, 6.45) is 1.56. The Morgan fingerprint density at radius 3 is 2.57 bits per heavy atom. The van der Waals surface area contributed by atoms with Crippen LogP contribution >= 0.6 is 11.5 Å². The Morgan fingerprint density at radius 1 is 1.14 bits per heavy atom. The standard InChI is InChI=1S/C15H14N4OS/c20-14(7-6-13-4-2-1-3-5-13)18-8-10-19(11-9-18)15-16-12-17-21-15/h1-5,12H,8-11H2. The summed E-state index contributed by atoms with van der Waals surface area (Å²) in [6.45, 7) is 2.88. The second-order valence-corrected chi connectivity index (χ2v) is 5.38. The van der Waals surface area contributed by atoms with Gasteiger partial charge in [0.1, 0.15) is 6.33 Å². The second-order valence-electron chi connectivity index (χ2n) is 4.62. The molecule has 0 spiro atoms. The van der Waals surface area contributed by atoms with Gasteiger partial charge >= 0.3 is 0 Å². The highest BCUT2D eigenvalue weighted by atomic mass is 32.1. The molecule has 0 saturated carbocycles. The van der Waals surface area contributed by atoms with E-state index in [-0.39, 0.29) is 5.91 Å². The van der Waals surface area contributed by atoms with Gasteiger partial charge in [-0.1, -0.05) is 24.1 Å². The molecule has 0 bridgehead atoms. The number of piperazine rings is 1. The minimum atomic E-state index is -0.115. The summed E-state index contributed by atoms with van der Waals surface area (Å²) in [6, 6.07) is 9.55. The van der Waals surface area contributed by atoms with Crippen molar-refractivity contribution < 1.29 is 4.79 Å². The molecule has 0 unspecified atom stereocenters. The van der Waals surface area contributed by atoms with Crippen LogP contribution in [0.5, 0.6) is 0 Å². The van der Waals surface area contributed by atoms with Crippen LogP contribution in [0.3, 0.4) is 0 Å². The number of aromatic nitrogens is 2. The van der Waals surface area contributed by atoms with Crippen molar-refractivity contribution in [2.24, 2.45) is 0 Å². The molecule has 106 valence electrons. The summed E-state index contributed by atoms with van der Waals surface area (Å²) in [7, 11) is 0. The summed E-state index contributed by atoms with van der Waals surface area (Å²) in [5.74, 6) is 5.50. The lowest BCUT2D eigenvalue weighted by atomic mass is 10.2. The molecule has 2 aromatic rings. The summed E-state index contributed by atoms with van der Waals surface area (Å²) in [5, 5.41) is 0.914. The molecule has 0 N–H and O–H groups in total. The van der Waals surface area contributed by atoms with E-state index in [1.165, 1.54) is 11.5 Å². The Bertz CT molecular complexity index is 652. The fourth-order valence-corrected chi connectivity index (χ4v) is 2.71. The van der Waals surface area contributed by atoms with E-state index in [2.05, 4.69) is 26.1 Å². The quantitative estimate of drug-likeness (QED) is 0.743. The number of rotatable bonds is 1. The first kappa shape index (κ1) is 13.6. The number of carbonyl (C=O) groups excluding carboxylic acids is 1. The Morgan fingerprint density at radius 2 is 1.90 bits per heavy atom. The van der Waals surface area contributed by atoms with Gasteiger partial charge in [0.05, 0.1) is 0 Å². The highest BCUT2D eigenvalue weighted by Gasteiger charge is 2.21. The van der Waals surface area contributed by atoms with E-state index < -0.39 is 0 Å². The molecule has 1 aromatic heterocycles. The Hall–Kier alpha value is -2.39. The van der Waals surface area contributed by atoms with Crippen LogP contribution in [0.4, 0.5) is 5.13 Å². The van der Waals surface area contributed by atoms with E-state index in [4.69, 9.17) is 0 Å². The molecule has 3 rings (SSSR count). The van der Waals surface area contributed by atoms with Gasteiger partial charge in [0.25, 0.3) is 5.91 Å². The number of hydrogen-bond donors (Lipinski definition) is 0. The van der Waals surface area contributed by atoms with Crippen LogP contribution in [0.15, 0.2) is 36.7 Å². The maximum Gasteiger partial charge on any atom is 0.298 e. The van der Waals surface area contributed by atoms with Crippen LogP contribution in [0.1, 0.15) is 5.56 Å². The van der Waals surface area contributed by atoms with Crippen LogP contribution in [-0.2, 0) is 4.79 Å². The van der Waals surface area contributed by atoms with Crippen LogP contribution in [0, 0.1) is 11.8 Å². The highest BCUT2D eigenvalue weighted by molar-refractivity contribution is 7.09. The SMILES string of the molecule is O=C(C#Cc1ccccc1)N1CCN(c2ncns2)CC1. The zero-order valence-electron chi connectivity index (χ0n) is 11.4. The maximum absolute atomic E-state index is 12.1. The van der Waals surface area contributed by atoms with Gasteiger partial charge in [-0.05, 0) is 12.1 Å². The Balaban J connectivity index is 1.57. The van der Waals surface area contributed by atoms with Crippen LogP contribution < -0.4 is 4.90 Å². The summed E-state index contributed by atoms with van der Waals surface area (Å²) >= 11 is 1.38. The van der Waals surface area contributed by atoms with Crippen molar-refractivity contribution in [2.45, 2.75) is 0 Å². The molecule has 1 aliphatic rings. The maximum atomic E-state index is 12.1. The normalized spacial score (nSPS) is 14.5. The van der Waals surface area contributed by atoms with Crippen molar-refractivity contribution in [1.82, 2.24) is 14.3 Å². The molecular formula is C15H14N4OS. The van der Waals surface area contributed by atoms with Crippen molar-refractivity contribution in [2.75, 3.05) is 31.1 Å². The lowest BCUT2D eigenvalue weighted by molar-refractivity contribution is -0.125. The molecule has 1 amide bonds. The third-order valence-corrected chi connectivity index (χ3v) is 4.00. The lowest BCUT2D eigenvalue weighted by Gasteiger charge is -2.33. The monoisotopic (exact) mass is 298 g/mol. The largest absolute Gasteiger partial charge is 0.343 e. The number of anilines is 1. The van der Waals surface area contributed by atoms with Gasteiger partial charge in [-0.3, -0.25) is 4.79 Å². The van der Waals surface area contributed by atoms with Gasteiger partial charge in [-0.15, -0.1) is 0 Å². The van der Waals surface area contributed by atoms with Crippen molar-refractivity contribution in [3.05, 3.63) is 42.2 Å². The molecule has 0 radical (unpaired) electrons. The van der Waals surface area contributed by atoms with Crippen molar-refractivity contribution in [3.63, 3.8) is 0 Å². The molecule has 0 aliphatic carbocycles. The van der Waals surface area contributed by atoms with E-state index in [9.17, 15) is 4.79 Å². The van der Waals surface area contributed by atoms with E-state index in [0.29, 0.717) is 13.1 Å². The van der Waals surface area contributed by atoms with E-state index in [1.54, 1.807) is 11.2 Å². The molecule has 1 fully saturated rings. The number of carbonyl (C=O) groups is 1. The molecule has 6 heteroatoms. The van der Waals surface area contributed by atoms with Crippen LogP contribution in [-0.4, -0.2) is 46.3 Å². The molecule has 1 aliphatic heterocycles. The molecule has 21 heavy (non-hydrogen) atoms. The molecule has 5 nitrogen and oxygen atoms in total. The average molecular weight is 298 g/mol.